The van der Waals surface area contributed by atoms with E-state index in [0.717, 1.165) is 17.7 Å². The Labute approximate surface area is 373 Å². The van der Waals surface area contributed by atoms with Crippen LogP contribution in [0.2, 0.25) is 0 Å². The summed E-state index contributed by atoms with van der Waals surface area (Å²) in [6.07, 6.45) is -0.443. The van der Waals surface area contributed by atoms with Gasteiger partial charge in [-0.15, -0.1) is 5.10 Å². The topological polar surface area (TPSA) is 214 Å². The molecule has 4 rings (SSSR count). The minimum Gasteiger partial charge on any atom is -0.506 e. The number of ketones is 1. The first-order chi connectivity index (χ1) is 29.8. The van der Waals surface area contributed by atoms with Gasteiger partial charge in [0.25, 0.3) is 0 Å². The molecule has 358 valence electrons. The van der Waals surface area contributed by atoms with Gasteiger partial charge in [0.15, 0.2) is 24.1 Å². The molecular formula is C46H76N4O13. The molecule has 0 bridgehead atoms. The Kier molecular flexibility index (Phi) is 20.2. The van der Waals surface area contributed by atoms with Crippen LogP contribution in [0, 0.1) is 29.6 Å². The van der Waals surface area contributed by atoms with Gasteiger partial charge in [-0.1, -0.05) is 57.6 Å². The summed E-state index contributed by atoms with van der Waals surface area (Å²) < 4.78 is 44.3. The summed E-state index contributed by atoms with van der Waals surface area (Å²) in [5.41, 5.74) is 1.59. The number of carbonyl (C=O) groups excluding carboxylic acids is 2. The van der Waals surface area contributed by atoms with Crippen molar-refractivity contribution in [2.75, 3.05) is 34.9 Å². The second kappa shape index (κ2) is 24.3. The molecule has 1 saturated heterocycles. The summed E-state index contributed by atoms with van der Waals surface area (Å²) in [5.74, 6) is -2.27. The monoisotopic (exact) mass is 893 g/mol. The number of cyclic esters (lactones) is 1. The van der Waals surface area contributed by atoms with E-state index in [0.29, 0.717) is 37.5 Å². The van der Waals surface area contributed by atoms with Crippen LogP contribution in [0.5, 0.6) is 0 Å². The number of ether oxygens (including phenoxy) is 7. The van der Waals surface area contributed by atoms with Gasteiger partial charge in [-0.2, -0.15) is 0 Å². The van der Waals surface area contributed by atoms with Crippen LogP contribution in [0.25, 0.3) is 0 Å². The maximum absolute atomic E-state index is 14.0. The van der Waals surface area contributed by atoms with Crippen LogP contribution in [0.4, 0.5) is 0 Å². The molecule has 0 aromatic carbocycles. The van der Waals surface area contributed by atoms with E-state index < -0.39 is 97.1 Å². The third-order valence-electron chi connectivity index (χ3n) is 12.6. The van der Waals surface area contributed by atoms with E-state index in [1.807, 2.05) is 33.0 Å². The van der Waals surface area contributed by atoms with Crippen LogP contribution in [0.1, 0.15) is 93.2 Å². The smallest absolute Gasteiger partial charge is 0.308 e. The number of allylic oxidation sites excluding steroid dienone is 3. The minimum atomic E-state index is -1.27. The number of esters is 1. The van der Waals surface area contributed by atoms with Crippen molar-refractivity contribution in [1.82, 2.24) is 19.9 Å². The quantitative estimate of drug-likeness (QED) is 0.192. The van der Waals surface area contributed by atoms with Gasteiger partial charge in [-0.25, -0.2) is 0 Å². The molecule has 3 aliphatic rings. The van der Waals surface area contributed by atoms with Crippen molar-refractivity contribution in [2.24, 2.45) is 29.6 Å². The molecule has 17 heteroatoms. The molecule has 0 spiro atoms. The van der Waals surface area contributed by atoms with Crippen molar-refractivity contribution in [3.63, 3.8) is 0 Å². The number of hydrogen-bond donors (Lipinski definition) is 4. The molecule has 1 aromatic rings. The highest BCUT2D eigenvalue weighted by atomic mass is 16.7. The van der Waals surface area contributed by atoms with Gasteiger partial charge in [0.2, 0.25) is 0 Å². The van der Waals surface area contributed by atoms with Gasteiger partial charge < -0.3 is 58.5 Å². The van der Waals surface area contributed by atoms with Gasteiger partial charge in [-0.05, 0) is 78.5 Å². The zero-order valence-electron chi connectivity index (χ0n) is 39.5. The molecule has 17 nitrogen and oxygen atoms in total. The molecule has 0 saturated carbocycles. The van der Waals surface area contributed by atoms with Gasteiger partial charge in [-0.3, -0.25) is 14.3 Å². The molecule has 15 atom stereocenters. The zero-order valence-corrected chi connectivity index (χ0v) is 39.5. The highest BCUT2D eigenvalue weighted by Gasteiger charge is 2.47. The van der Waals surface area contributed by atoms with Crippen molar-refractivity contribution < 1.29 is 63.2 Å². The molecule has 1 aromatic heterocycles. The van der Waals surface area contributed by atoms with E-state index >= 15 is 0 Å². The molecule has 0 radical (unpaired) electrons. The Morgan fingerprint density at radius 2 is 1.71 bits per heavy atom. The third kappa shape index (κ3) is 14.4. The van der Waals surface area contributed by atoms with Crippen molar-refractivity contribution in [3.8, 4) is 0 Å². The van der Waals surface area contributed by atoms with Crippen LogP contribution in [0.3, 0.4) is 0 Å². The van der Waals surface area contributed by atoms with Gasteiger partial charge in [0.05, 0.1) is 56.3 Å². The molecule has 4 unspecified atom stereocenters. The van der Waals surface area contributed by atoms with E-state index in [1.54, 1.807) is 56.6 Å². The van der Waals surface area contributed by atoms with E-state index in [1.165, 1.54) is 14.2 Å². The van der Waals surface area contributed by atoms with Gasteiger partial charge in [0.1, 0.15) is 30.2 Å². The largest absolute Gasteiger partial charge is 0.506 e. The average Bonchev–Trinajstić information content (AvgIpc) is 3.63. The van der Waals surface area contributed by atoms with E-state index in [9.17, 15) is 30.0 Å². The highest BCUT2D eigenvalue weighted by molar-refractivity contribution is 5.91. The van der Waals surface area contributed by atoms with Crippen LogP contribution < -0.4 is 0 Å². The molecule has 0 aliphatic carbocycles. The van der Waals surface area contributed by atoms with Crippen molar-refractivity contribution in [3.05, 3.63) is 47.2 Å². The summed E-state index contributed by atoms with van der Waals surface area (Å²) in [6, 6.07) is -0.720. The fraction of sp³-hybridized carbons (Fsp3) is 0.783. The normalized spacial score (nSPS) is 37.1. The lowest BCUT2D eigenvalue weighted by atomic mass is 9.79. The molecular weight excluding hydrogens is 817 g/mol. The number of methoxy groups -OCH3 is 2. The number of aliphatic hydroxyl groups is 4. The fourth-order valence-electron chi connectivity index (χ4n) is 8.80. The second-order valence-electron chi connectivity index (χ2n) is 18.4. The lowest BCUT2D eigenvalue weighted by molar-refractivity contribution is -0.304. The minimum absolute atomic E-state index is 0.0215. The third-order valence-corrected chi connectivity index (χ3v) is 12.6. The van der Waals surface area contributed by atoms with Gasteiger partial charge in [0, 0.05) is 44.0 Å². The van der Waals surface area contributed by atoms with Gasteiger partial charge >= 0.3 is 5.97 Å². The standard InChI is InChI=1S/C46H76N4O13/c1-13-36-32(24-59-45-38(58-12)22-37(57-11)41(54)29(7)60-45)19-26(4)14-15-34(51)27(5)20-31(16-17-50-23-33(47-48-50)18-25(2)3)44(28(6)35(52)21-39(53)62-36)63-46-43(56)40(49(9)10)42(55)30(8)61-46/h14-15,19,23,25,27-32,35-36,38,40,42-46,52,54-56H,13,16-18,20-22,24H2,1-12H3/b15-14+,26-19+/t27-,28+,29?,30-,31+,32-,35-,36-,38?,40?,42-,43?,44-,45-,46+/m1/s1. The fourth-order valence-corrected chi connectivity index (χ4v) is 8.80. The SMILES string of the molecule is CC[C@H]1OC(=O)C[C@@H](O)[C@H](C)[C@@H](O[C@@H]2O[C@H](C)[C@@H](O)C(N(C)C)C2O)[C@@H](CCn2cc(CC(C)C)nn2)C[C@@H](C)C(=O)/C=C/C(C)=C/[C@@H]1CO[C@@H]1OC(C)C(O)=C(OC)CC1OC. The first-order valence-electron chi connectivity index (χ1n) is 22.5. The van der Waals surface area contributed by atoms with Crippen LogP contribution >= 0.6 is 0 Å². The second-order valence-corrected chi connectivity index (χ2v) is 18.4. The molecule has 1 fully saturated rings. The Morgan fingerprint density at radius 3 is 2.35 bits per heavy atom. The molecule has 3 aliphatic heterocycles. The highest BCUT2D eigenvalue weighted by Crippen LogP contribution is 2.35. The number of likely N-dealkylation sites (N-methyl/N-ethyl adjacent to an activating group) is 1. The Balaban J connectivity index is 1.69. The van der Waals surface area contributed by atoms with Crippen molar-refractivity contribution in [2.45, 2.75) is 168 Å². The number of nitrogens with zero attached hydrogens (tertiary/aromatic N) is 4. The van der Waals surface area contributed by atoms with E-state index in [2.05, 4.69) is 24.2 Å². The predicted molar refractivity (Wildman–Crippen MR) is 233 cm³/mol. The summed E-state index contributed by atoms with van der Waals surface area (Å²) in [5, 5.41) is 53.9. The number of rotatable bonds is 14. The number of aromatic nitrogens is 3. The summed E-state index contributed by atoms with van der Waals surface area (Å²) in [7, 11) is 6.49. The molecule has 0 amide bonds. The Morgan fingerprint density at radius 1 is 1.00 bits per heavy atom. The summed E-state index contributed by atoms with van der Waals surface area (Å²) in [4.78, 5) is 29.6. The van der Waals surface area contributed by atoms with Crippen molar-refractivity contribution >= 4 is 11.8 Å². The number of aryl methyl sites for hydroxylation is 1. The number of carbonyl (C=O) groups is 2. The maximum atomic E-state index is 14.0. The first kappa shape index (κ1) is 52.4. The van der Waals surface area contributed by atoms with Crippen LogP contribution in [-0.4, -0.2) is 154 Å². The summed E-state index contributed by atoms with van der Waals surface area (Å²) in [6.45, 7) is 15.4. The van der Waals surface area contributed by atoms with Crippen molar-refractivity contribution in [1.29, 1.82) is 0 Å². The molecule has 4 heterocycles. The Hall–Kier alpha value is -3.26. The maximum Gasteiger partial charge on any atom is 0.308 e. The molecule has 4 N–H and O–H groups in total. The lowest BCUT2D eigenvalue weighted by Crippen LogP contribution is -2.63. The number of hydrogen-bond acceptors (Lipinski definition) is 16. The zero-order chi connectivity index (χ0) is 46.7. The molecule has 63 heavy (non-hydrogen) atoms. The Bertz CT molecular complexity index is 1700. The van der Waals surface area contributed by atoms with E-state index in [4.69, 9.17) is 33.2 Å². The predicted octanol–water partition coefficient (Wildman–Crippen LogP) is 4.28. The van der Waals surface area contributed by atoms with Crippen LogP contribution in [-0.2, 0) is 55.7 Å². The first-order valence-corrected chi connectivity index (χ1v) is 22.5. The average molecular weight is 893 g/mol. The summed E-state index contributed by atoms with van der Waals surface area (Å²) >= 11 is 0. The lowest BCUT2D eigenvalue weighted by Gasteiger charge is -2.46. The van der Waals surface area contributed by atoms with Crippen LogP contribution in [0.15, 0.2) is 41.5 Å². The van der Waals surface area contributed by atoms with E-state index in [-0.39, 0.29) is 31.0 Å². The number of aliphatic hydroxyl groups excluding tert-OH is 4.